The number of thiocarbonyl (C=S) groups is 1. The smallest absolute Gasteiger partial charge is 0.104 e. The van der Waals surface area contributed by atoms with Gasteiger partial charge in [-0.1, -0.05) is 34.2 Å². The van der Waals surface area contributed by atoms with Crippen LogP contribution in [0.3, 0.4) is 0 Å². The molecule has 0 spiro atoms. The highest BCUT2D eigenvalue weighted by molar-refractivity contribution is 9.11. The third-order valence-electron chi connectivity index (χ3n) is 2.70. The van der Waals surface area contributed by atoms with Gasteiger partial charge in [0.2, 0.25) is 0 Å². The van der Waals surface area contributed by atoms with Crippen LogP contribution in [0, 0.1) is 6.92 Å². The van der Waals surface area contributed by atoms with E-state index in [1.807, 2.05) is 30.3 Å². The molecule has 0 aromatic heterocycles. The van der Waals surface area contributed by atoms with Crippen LogP contribution in [0.25, 0.3) is 0 Å². The standard InChI is InChI=1S/C14H12Br2N2S/c1-8-2-4-10(7-11(8)15)18-13-5-3-9(14(17)19)6-12(13)16/h2-7,18H,1H3,(H2,17,19). The largest absolute Gasteiger partial charge is 0.389 e. The number of benzene rings is 2. The van der Waals surface area contributed by atoms with Crippen molar-refractivity contribution in [3.8, 4) is 0 Å². The van der Waals surface area contributed by atoms with Crippen LogP contribution >= 0.6 is 44.1 Å². The van der Waals surface area contributed by atoms with E-state index in [4.69, 9.17) is 18.0 Å². The Morgan fingerprint density at radius 2 is 1.84 bits per heavy atom. The highest BCUT2D eigenvalue weighted by atomic mass is 79.9. The van der Waals surface area contributed by atoms with Crippen molar-refractivity contribution < 1.29 is 0 Å². The minimum Gasteiger partial charge on any atom is -0.389 e. The first-order valence-electron chi connectivity index (χ1n) is 5.60. The topological polar surface area (TPSA) is 38.0 Å². The van der Waals surface area contributed by atoms with Crippen molar-refractivity contribution in [3.63, 3.8) is 0 Å². The average Bonchev–Trinajstić information content (AvgIpc) is 2.36. The molecule has 5 heteroatoms. The molecule has 0 radical (unpaired) electrons. The number of hydrogen-bond donors (Lipinski definition) is 2. The minimum atomic E-state index is 0.394. The molecule has 2 aromatic carbocycles. The summed E-state index contributed by atoms with van der Waals surface area (Å²) >= 11 is 12.0. The van der Waals surface area contributed by atoms with Crippen LogP contribution in [0.4, 0.5) is 11.4 Å². The first-order valence-corrected chi connectivity index (χ1v) is 7.59. The van der Waals surface area contributed by atoms with Crippen LogP contribution in [0.5, 0.6) is 0 Å². The van der Waals surface area contributed by atoms with Gasteiger partial charge in [-0.25, -0.2) is 0 Å². The number of rotatable bonds is 3. The first-order chi connectivity index (χ1) is 8.97. The summed E-state index contributed by atoms with van der Waals surface area (Å²) in [5, 5.41) is 3.35. The van der Waals surface area contributed by atoms with Gasteiger partial charge >= 0.3 is 0 Å². The van der Waals surface area contributed by atoms with Crippen LogP contribution in [0.1, 0.15) is 11.1 Å². The summed E-state index contributed by atoms with van der Waals surface area (Å²) in [4.78, 5) is 0.394. The molecule has 98 valence electrons. The van der Waals surface area contributed by atoms with Gasteiger partial charge in [0.15, 0.2) is 0 Å². The van der Waals surface area contributed by atoms with Gasteiger partial charge in [0, 0.05) is 20.2 Å². The van der Waals surface area contributed by atoms with Gasteiger partial charge < -0.3 is 11.1 Å². The third kappa shape index (κ3) is 3.55. The quantitative estimate of drug-likeness (QED) is 0.721. The van der Waals surface area contributed by atoms with Gasteiger partial charge in [-0.3, -0.25) is 0 Å². The van der Waals surface area contributed by atoms with E-state index in [2.05, 4.69) is 50.2 Å². The molecular formula is C14H12Br2N2S. The lowest BCUT2D eigenvalue weighted by Crippen LogP contribution is -2.09. The number of anilines is 2. The van der Waals surface area contributed by atoms with Gasteiger partial charge in [-0.15, -0.1) is 0 Å². The molecule has 2 rings (SSSR count). The molecule has 2 nitrogen and oxygen atoms in total. The number of nitrogens with two attached hydrogens (primary N) is 1. The second-order valence-electron chi connectivity index (χ2n) is 4.15. The molecule has 2 aromatic rings. The summed E-state index contributed by atoms with van der Waals surface area (Å²) in [5.41, 5.74) is 9.64. The van der Waals surface area contributed by atoms with Gasteiger partial charge in [0.05, 0.1) is 5.69 Å². The fourth-order valence-corrected chi connectivity index (χ4v) is 2.58. The number of aryl methyl sites for hydroxylation is 1. The summed E-state index contributed by atoms with van der Waals surface area (Å²) in [6.07, 6.45) is 0. The second kappa shape index (κ2) is 6.03. The Kier molecular flexibility index (Phi) is 4.60. The predicted octanol–water partition coefficient (Wildman–Crippen LogP) is 4.90. The van der Waals surface area contributed by atoms with Crippen LogP contribution in [-0.4, -0.2) is 4.99 Å². The summed E-state index contributed by atoms with van der Waals surface area (Å²) in [6, 6.07) is 11.9. The number of hydrogen-bond acceptors (Lipinski definition) is 2. The molecule has 0 heterocycles. The molecule has 0 aliphatic heterocycles. The maximum atomic E-state index is 5.61. The SMILES string of the molecule is Cc1ccc(Nc2ccc(C(N)=S)cc2Br)cc1Br. The monoisotopic (exact) mass is 398 g/mol. The number of nitrogens with one attached hydrogen (secondary N) is 1. The van der Waals surface area contributed by atoms with Crippen molar-refractivity contribution in [2.75, 3.05) is 5.32 Å². The van der Waals surface area contributed by atoms with E-state index in [0.717, 1.165) is 25.9 Å². The molecule has 0 saturated heterocycles. The average molecular weight is 400 g/mol. The third-order valence-corrected chi connectivity index (χ3v) is 4.45. The van der Waals surface area contributed by atoms with E-state index in [0.29, 0.717) is 4.99 Å². The fourth-order valence-electron chi connectivity index (χ4n) is 1.60. The van der Waals surface area contributed by atoms with E-state index < -0.39 is 0 Å². The normalized spacial score (nSPS) is 10.3. The maximum absolute atomic E-state index is 5.61. The molecule has 0 amide bonds. The second-order valence-corrected chi connectivity index (χ2v) is 6.30. The fraction of sp³-hybridized carbons (Fsp3) is 0.0714. The van der Waals surface area contributed by atoms with E-state index in [1.165, 1.54) is 5.56 Å². The molecule has 19 heavy (non-hydrogen) atoms. The van der Waals surface area contributed by atoms with Gasteiger partial charge in [-0.2, -0.15) is 0 Å². The van der Waals surface area contributed by atoms with E-state index in [9.17, 15) is 0 Å². The Balaban J connectivity index is 2.28. The maximum Gasteiger partial charge on any atom is 0.104 e. The van der Waals surface area contributed by atoms with Gasteiger partial charge in [0.1, 0.15) is 4.99 Å². The molecule has 0 aliphatic carbocycles. The zero-order valence-corrected chi connectivity index (χ0v) is 14.2. The molecule has 0 saturated carbocycles. The van der Waals surface area contributed by atoms with E-state index >= 15 is 0 Å². The van der Waals surface area contributed by atoms with Crippen LogP contribution in [-0.2, 0) is 0 Å². The molecule has 0 unspecified atom stereocenters. The van der Waals surface area contributed by atoms with Crippen LogP contribution in [0.15, 0.2) is 45.3 Å². The van der Waals surface area contributed by atoms with E-state index in [-0.39, 0.29) is 0 Å². The van der Waals surface area contributed by atoms with Gasteiger partial charge in [-0.05, 0) is 58.7 Å². The zero-order chi connectivity index (χ0) is 14.0. The van der Waals surface area contributed by atoms with Crippen LogP contribution < -0.4 is 11.1 Å². The lowest BCUT2D eigenvalue weighted by atomic mass is 10.2. The first kappa shape index (κ1) is 14.5. The highest BCUT2D eigenvalue weighted by Crippen LogP contribution is 2.29. The Bertz CT molecular complexity index is 641. The molecule has 3 N–H and O–H groups in total. The summed E-state index contributed by atoms with van der Waals surface area (Å²) < 4.78 is 2.00. The predicted molar refractivity (Wildman–Crippen MR) is 92.2 cm³/mol. The summed E-state index contributed by atoms with van der Waals surface area (Å²) in [5.74, 6) is 0. The Morgan fingerprint density at radius 1 is 1.11 bits per heavy atom. The van der Waals surface area contributed by atoms with Crippen molar-refractivity contribution >= 4 is 60.4 Å². The van der Waals surface area contributed by atoms with Crippen molar-refractivity contribution in [3.05, 3.63) is 56.5 Å². The molecular weight excluding hydrogens is 388 g/mol. The molecule has 0 atom stereocenters. The lowest BCUT2D eigenvalue weighted by Gasteiger charge is -2.11. The Labute approximate surface area is 134 Å². The summed E-state index contributed by atoms with van der Waals surface area (Å²) in [7, 11) is 0. The molecule has 0 fully saturated rings. The summed E-state index contributed by atoms with van der Waals surface area (Å²) in [6.45, 7) is 2.06. The Morgan fingerprint density at radius 3 is 2.42 bits per heavy atom. The minimum absolute atomic E-state index is 0.394. The zero-order valence-electron chi connectivity index (χ0n) is 10.2. The van der Waals surface area contributed by atoms with Gasteiger partial charge in [0.25, 0.3) is 0 Å². The molecule has 0 aliphatic rings. The van der Waals surface area contributed by atoms with Crippen molar-refractivity contribution in [2.45, 2.75) is 6.92 Å². The molecule has 0 bridgehead atoms. The highest BCUT2D eigenvalue weighted by Gasteiger charge is 2.04. The lowest BCUT2D eigenvalue weighted by molar-refractivity contribution is 1.41. The van der Waals surface area contributed by atoms with Crippen molar-refractivity contribution in [1.29, 1.82) is 0 Å². The van der Waals surface area contributed by atoms with Crippen molar-refractivity contribution in [2.24, 2.45) is 5.73 Å². The Hall–Kier alpha value is -0.910. The van der Waals surface area contributed by atoms with Crippen LogP contribution in [0.2, 0.25) is 0 Å². The number of halogens is 2. The van der Waals surface area contributed by atoms with Crippen molar-refractivity contribution in [1.82, 2.24) is 0 Å². The van der Waals surface area contributed by atoms with E-state index in [1.54, 1.807) is 0 Å².